The lowest BCUT2D eigenvalue weighted by molar-refractivity contribution is -0.185. The van der Waals surface area contributed by atoms with Gasteiger partial charge in [0.05, 0.1) is 18.1 Å². The van der Waals surface area contributed by atoms with Crippen molar-refractivity contribution in [1.82, 2.24) is 5.32 Å². The number of alkyl halides is 3. The summed E-state index contributed by atoms with van der Waals surface area (Å²) in [5.41, 5.74) is 0. The number of rotatable bonds is 4. The van der Waals surface area contributed by atoms with Gasteiger partial charge in [0.15, 0.2) is 16.4 Å². The smallest absolute Gasteiger partial charge is 0.422 e. The fourth-order valence-corrected chi connectivity index (χ4v) is 3.10. The van der Waals surface area contributed by atoms with E-state index in [0.29, 0.717) is 6.42 Å². The number of carbonyl (C=O) groups is 1. The molecule has 0 aliphatic carbocycles. The molecular weight excluding hydrogens is 263 g/mol. The van der Waals surface area contributed by atoms with Gasteiger partial charge in [-0.05, 0) is 6.42 Å². The Morgan fingerprint density at radius 1 is 1.41 bits per heavy atom. The summed E-state index contributed by atoms with van der Waals surface area (Å²) in [6.07, 6.45) is -4.19. The molecule has 9 heteroatoms. The van der Waals surface area contributed by atoms with Crippen molar-refractivity contribution in [3.63, 3.8) is 0 Å². The molecule has 1 rings (SSSR count). The maximum Gasteiger partial charge on any atom is 0.422 e. The van der Waals surface area contributed by atoms with Crippen LogP contribution in [-0.4, -0.2) is 51.3 Å². The zero-order chi connectivity index (χ0) is 13.1. The van der Waals surface area contributed by atoms with E-state index in [2.05, 4.69) is 10.1 Å². The van der Waals surface area contributed by atoms with Crippen LogP contribution in [0.25, 0.3) is 0 Å². The number of esters is 1. The Morgan fingerprint density at radius 3 is 2.53 bits per heavy atom. The summed E-state index contributed by atoms with van der Waals surface area (Å²) >= 11 is 0. The van der Waals surface area contributed by atoms with Crippen molar-refractivity contribution in [2.75, 3.05) is 24.7 Å². The highest BCUT2D eigenvalue weighted by molar-refractivity contribution is 7.91. The third kappa shape index (κ3) is 5.87. The molecule has 5 nitrogen and oxygen atoms in total. The van der Waals surface area contributed by atoms with E-state index in [1.807, 2.05) is 0 Å². The minimum absolute atomic E-state index is 0.0300. The van der Waals surface area contributed by atoms with Crippen LogP contribution in [0.2, 0.25) is 0 Å². The molecule has 0 aromatic heterocycles. The third-order valence-corrected chi connectivity index (χ3v) is 3.93. The van der Waals surface area contributed by atoms with E-state index in [1.54, 1.807) is 0 Å². The first-order valence-corrected chi connectivity index (χ1v) is 6.66. The molecule has 1 unspecified atom stereocenters. The van der Waals surface area contributed by atoms with Gasteiger partial charge in [0.1, 0.15) is 0 Å². The molecule has 0 aromatic carbocycles. The van der Waals surface area contributed by atoms with Gasteiger partial charge in [0.2, 0.25) is 0 Å². The summed E-state index contributed by atoms with van der Waals surface area (Å²) in [5.74, 6) is -1.12. The molecule has 0 aromatic rings. The minimum atomic E-state index is -4.55. The highest BCUT2D eigenvalue weighted by Crippen LogP contribution is 2.14. The van der Waals surface area contributed by atoms with E-state index in [1.165, 1.54) is 0 Å². The Labute approximate surface area is 96.2 Å². The Kier molecular flexibility index (Phi) is 4.36. The summed E-state index contributed by atoms with van der Waals surface area (Å²) in [7, 11) is -3.07. The normalized spacial score (nSPS) is 23.6. The Morgan fingerprint density at radius 2 is 2.06 bits per heavy atom. The standard InChI is InChI=1S/C8H12F3NO4S/c9-8(10,11)5-16-7(13)3-12-6-1-2-17(14,15)4-6/h6,12H,1-5H2. The first kappa shape index (κ1) is 14.2. The topological polar surface area (TPSA) is 72.5 Å². The fourth-order valence-electron chi connectivity index (χ4n) is 1.40. The molecule has 1 aliphatic heterocycles. The lowest BCUT2D eigenvalue weighted by Crippen LogP contribution is -2.36. The second-order valence-electron chi connectivity index (χ2n) is 3.76. The van der Waals surface area contributed by atoms with E-state index in [-0.39, 0.29) is 11.5 Å². The summed E-state index contributed by atoms with van der Waals surface area (Å²) in [4.78, 5) is 10.9. The number of hydrogen-bond acceptors (Lipinski definition) is 5. The van der Waals surface area contributed by atoms with Crippen molar-refractivity contribution in [2.24, 2.45) is 0 Å². The van der Waals surface area contributed by atoms with Gasteiger partial charge < -0.3 is 10.1 Å². The average molecular weight is 275 g/mol. The number of sulfone groups is 1. The van der Waals surface area contributed by atoms with Gasteiger partial charge in [0.25, 0.3) is 0 Å². The van der Waals surface area contributed by atoms with Gasteiger partial charge in [-0.1, -0.05) is 0 Å². The van der Waals surface area contributed by atoms with Crippen LogP contribution in [-0.2, 0) is 19.4 Å². The SMILES string of the molecule is O=C(CNC1CCS(=O)(=O)C1)OCC(F)(F)F. The predicted molar refractivity (Wildman–Crippen MR) is 52.1 cm³/mol. The van der Waals surface area contributed by atoms with Crippen LogP contribution in [0.5, 0.6) is 0 Å². The first-order valence-electron chi connectivity index (χ1n) is 4.84. The molecule has 0 radical (unpaired) electrons. The maximum absolute atomic E-state index is 11.7. The molecule has 1 fully saturated rings. The van der Waals surface area contributed by atoms with E-state index >= 15 is 0 Å². The number of hydrogen-bond donors (Lipinski definition) is 1. The highest BCUT2D eigenvalue weighted by atomic mass is 32.2. The van der Waals surface area contributed by atoms with E-state index in [4.69, 9.17) is 0 Å². The van der Waals surface area contributed by atoms with Crippen molar-refractivity contribution < 1.29 is 31.1 Å². The molecule has 1 atom stereocenters. The van der Waals surface area contributed by atoms with E-state index < -0.39 is 41.2 Å². The fraction of sp³-hybridized carbons (Fsp3) is 0.875. The highest BCUT2D eigenvalue weighted by Gasteiger charge is 2.30. The monoisotopic (exact) mass is 275 g/mol. The van der Waals surface area contributed by atoms with Crippen molar-refractivity contribution in [2.45, 2.75) is 18.6 Å². The third-order valence-electron chi connectivity index (χ3n) is 2.16. The Balaban J connectivity index is 2.21. The Bertz CT molecular complexity index is 379. The first-order chi connectivity index (χ1) is 7.68. The largest absolute Gasteiger partial charge is 0.455 e. The van der Waals surface area contributed by atoms with Crippen molar-refractivity contribution >= 4 is 15.8 Å². The van der Waals surface area contributed by atoms with Crippen LogP contribution >= 0.6 is 0 Å². The molecular formula is C8H12F3NO4S. The zero-order valence-electron chi connectivity index (χ0n) is 8.79. The predicted octanol–water partition coefficient (Wildman–Crippen LogP) is -0.131. The lowest BCUT2D eigenvalue weighted by Gasteiger charge is -2.11. The molecule has 0 saturated carbocycles. The quantitative estimate of drug-likeness (QED) is 0.723. The molecule has 1 aliphatic rings. The van der Waals surface area contributed by atoms with Crippen LogP contribution in [0, 0.1) is 0 Å². The molecule has 0 bridgehead atoms. The molecule has 0 spiro atoms. The van der Waals surface area contributed by atoms with Crippen molar-refractivity contribution in [3.05, 3.63) is 0 Å². The molecule has 1 saturated heterocycles. The minimum Gasteiger partial charge on any atom is -0.455 e. The molecule has 100 valence electrons. The second kappa shape index (κ2) is 5.21. The number of nitrogens with one attached hydrogen (secondary N) is 1. The zero-order valence-corrected chi connectivity index (χ0v) is 9.60. The van der Waals surface area contributed by atoms with Gasteiger partial charge in [-0.15, -0.1) is 0 Å². The Hall–Kier alpha value is -0.830. The summed E-state index contributed by atoms with van der Waals surface area (Å²) in [6, 6.07) is -0.390. The maximum atomic E-state index is 11.7. The van der Waals surface area contributed by atoms with E-state index in [0.717, 1.165) is 0 Å². The molecule has 0 amide bonds. The van der Waals surface area contributed by atoms with Gasteiger partial charge >= 0.3 is 12.1 Å². The lowest BCUT2D eigenvalue weighted by atomic mass is 10.3. The van der Waals surface area contributed by atoms with Gasteiger partial charge in [-0.3, -0.25) is 4.79 Å². The van der Waals surface area contributed by atoms with Crippen molar-refractivity contribution in [3.8, 4) is 0 Å². The average Bonchev–Trinajstić information content (AvgIpc) is 2.51. The van der Waals surface area contributed by atoms with Gasteiger partial charge in [-0.25, -0.2) is 8.42 Å². The molecule has 1 N–H and O–H groups in total. The van der Waals surface area contributed by atoms with Crippen LogP contribution in [0.1, 0.15) is 6.42 Å². The van der Waals surface area contributed by atoms with Gasteiger partial charge in [-0.2, -0.15) is 13.2 Å². The van der Waals surface area contributed by atoms with E-state index in [9.17, 15) is 26.4 Å². The van der Waals surface area contributed by atoms with Crippen LogP contribution in [0.15, 0.2) is 0 Å². The number of ether oxygens (including phenoxy) is 1. The molecule has 1 heterocycles. The summed E-state index contributed by atoms with van der Waals surface area (Å²) in [6.45, 7) is -2.05. The van der Waals surface area contributed by atoms with Crippen LogP contribution < -0.4 is 5.32 Å². The van der Waals surface area contributed by atoms with Crippen molar-refractivity contribution in [1.29, 1.82) is 0 Å². The molecule has 17 heavy (non-hydrogen) atoms. The number of carbonyl (C=O) groups excluding carboxylic acids is 1. The summed E-state index contributed by atoms with van der Waals surface area (Å²) < 4.78 is 61.1. The summed E-state index contributed by atoms with van der Waals surface area (Å²) in [5, 5.41) is 2.55. The van der Waals surface area contributed by atoms with Gasteiger partial charge in [0, 0.05) is 6.04 Å². The number of halogens is 3. The van der Waals surface area contributed by atoms with Crippen LogP contribution in [0.4, 0.5) is 13.2 Å². The second-order valence-corrected chi connectivity index (χ2v) is 5.99. The van der Waals surface area contributed by atoms with Crippen LogP contribution in [0.3, 0.4) is 0 Å².